The van der Waals surface area contributed by atoms with E-state index in [-0.39, 0.29) is 29.8 Å². The first-order valence-electron chi connectivity index (χ1n) is 12.7. The zero-order valence-electron chi connectivity index (χ0n) is 21.4. The van der Waals surface area contributed by atoms with Gasteiger partial charge < -0.3 is 25.1 Å². The van der Waals surface area contributed by atoms with Crippen molar-refractivity contribution in [3.8, 4) is 0 Å². The number of likely N-dealkylation sites (tertiary alicyclic amines) is 2. The number of fused-ring (bicyclic) bond motifs is 4. The molecule has 6 rings (SSSR count). The lowest BCUT2D eigenvalue weighted by Crippen LogP contribution is -2.59. The third-order valence-corrected chi connectivity index (χ3v) is 7.95. The van der Waals surface area contributed by atoms with E-state index in [1.807, 2.05) is 67.0 Å². The molecule has 4 heterocycles. The number of para-hydroxylation sites is 2. The maximum atomic E-state index is 13.8. The van der Waals surface area contributed by atoms with E-state index >= 15 is 0 Å². The van der Waals surface area contributed by atoms with Gasteiger partial charge in [0.2, 0.25) is 5.91 Å². The molecular formula is C28H29ClN6O3. The molecule has 2 aromatic heterocycles. The summed E-state index contributed by atoms with van der Waals surface area (Å²) in [5, 5.41) is 4.27. The zero-order valence-corrected chi connectivity index (χ0v) is 22.2. The summed E-state index contributed by atoms with van der Waals surface area (Å²) < 4.78 is 0. The van der Waals surface area contributed by atoms with Crippen LogP contribution in [-0.2, 0) is 4.79 Å². The van der Waals surface area contributed by atoms with Crippen molar-refractivity contribution in [3.63, 3.8) is 0 Å². The summed E-state index contributed by atoms with van der Waals surface area (Å²) in [5.41, 5.74) is 2.14. The van der Waals surface area contributed by atoms with Gasteiger partial charge in [-0.05, 0) is 42.2 Å². The SMILES string of the molecule is CC(C)(C)C(NC(=O)c1cc2c(Cl)cccc2[nH]1)C(=O)N1CC2CC1CN2C(=O)c1nc2ccccc2[nH]1. The Hall–Kier alpha value is -3.85. The largest absolute Gasteiger partial charge is 0.350 e. The van der Waals surface area contributed by atoms with Gasteiger partial charge in [0, 0.05) is 29.0 Å². The van der Waals surface area contributed by atoms with Crippen LogP contribution in [-0.4, -0.2) is 73.7 Å². The standard InChI is InChI=1S/C28H29ClN6O3/c1-28(2,3)23(33-25(36)22-12-17-18(29)7-6-10-19(17)30-22)26(37)34-13-16-11-15(34)14-35(16)27(38)24-31-20-8-4-5-9-21(20)32-24/h4-10,12,15-16,23,30H,11,13-14H2,1-3H3,(H,31,32)(H,33,36). The first-order chi connectivity index (χ1) is 18.1. The number of halogens is 1. The van der Waals surface area contributed by atoms with Gasteiger partial charge in [-0.1, -0.05) is 50.6 Å². The van der Waals surface area contributed by atoms with Crippen LogP contribution in [0.25, 0.3) is 21.9 Å². The zero-order chi connectivity index (χ0) is 26.8. The quantitative estimate of drug-likeness (QED) is 0.369. The number of carbonyl (C=O) groups is 3. The predicted octanol–water partition coefficient (Wildman–Crippen LogP) is 3.97. The summed E-state index contributed by atoms with van der Waals surface area (Å²) in [7, 11) is 0. The van der Waals surface area contributed by atoms with Gasteiger partial charge in [-0.2, -0.15) is 0 Å². The smallest absolute Gasteiger partial charge is 0.290 e. The van der Waals surface area contributed by atoms with E-state index in [2.05, 4.69) is 20.3 Å². The highest BCUT2D eigenvalue weighted by atomic mass is 35.5. The highest BCUT2D eigenvalue weighted by Crippen LogP contribution is 2.34. The maximum Gasteiger partial charge on any atom is 0.290 e. The fraction of sp³-hybridized carbons (Fsp3) is 0.357. The molecule has 2 aromatic carbocycles. The molecule has 0 radical (unpaired) electrons. The van der Waals surface area contributed by atoms with Gasteiger partial charge in [-0.3, -0.25) is 14.4 Å². The number of nitrogens with zero attached hydrogens (tertiary/aromatic N) is 3. The van der Waals surface area contributed by atoms with Crippen LogP contribution in [0, 0.1) is 5.41 Å². The number of aromatic amines is 2. The van der Waals surface area contributed by atoms with Crippen molar-refractivity contribution in [2.75, 3.05) is 13.1 Å². The van der Waals surface area contributed by atoms with E-state index in [1.165, 1.54) is 0 Å². The van der Waals surface area contributed by atoms with Crippen LogP contribution >= 0.6 is 11.6 Å². The van der Waals surface area contributed by atoms with Crippen molar-refractivity contribution in [3.05, 3.63) is 65.1 Å². The second-order valence-electron chi connectivity index (χ2n) is 11.3. The topological polar surface area (TPSA) is 114 Å². The molecule has 2 aliphatic heterocycles. The Labute approximate surface area is 224 Å². The van der Waals surface area contributed by atoms with Crippen molar-refractivity contribution in [2.24, 2.45) is 5.41 Å². The highest BCUT2D eigenvalue weighted by Gasteiger charge is 2.50. The molecule has 38 heavy (non-hydrogen) atoms. The number of hydrogen-bond donors (Lipinski definition) is 3. The van der Waals surface area contributed by atoms with E-state index in [4.69, 9.17) is 11.6 Å². The summed E-state index contributed by atoms with van der Waals surface area (Å²) >= 11 is 6.27. The molecular weight excluding hydrogens is 504 g/mol. The van der Waals surface area contributed by atoms with Gasteiger partial charge in [0.15, 0.2) is 5.82 Å². The minimum Gasteiger partial charge on any atom is -0.350 e. The van der Waals surface area contributed by atoms with Crippen LogP contribution < -0.4 is 5.32 Å². The van der Waals surface area contributed by atoms with Gasteiger partial charge in [0.05, 0.1) is 23.1 Å². The monoisotopic (exact) mass is 532 g/mol. The lowest BCUT2D eigenvalue weighted by molar-refractivity contribution is -0.138. The average Bonchev–Trinajstić information content (AvgIpc) is 3.67. The third-order valence-electron chi connectivity index (χ3n) is 7.62. The molecule has 3 unspecified atom stereocenters. The summed E-state index contributed by atoms with van der Waals surface area (Å²) in [4.78, 5) is 54.5. The fourth-order valence-corrected chi connectivity index (χ4v) is 5.87. The van der Waals surface area contributed by atoms with E-state index in [1.54, 1.807) is 12.1 Å². The average molecular weight is 533 g/mol. The lowest BCUT2D eigenvalue weighted by atomic mass is 9.85. The number of hydrogen-bond acceptors (Lipinski definition) is 4. The number of piperazine rings is 1. The lowest BCUT2D eigenvalue weighted by Gasteiger charge is -2.39. The summed E-state index contributed by atoms with van der Waals surface area (Å²) in [6.45, 7) is 6.68. The predicted molar refractivity (Wildman–Crippen MR) is 145 cm³/mol. The molecule has 2 aliphatic rings. The fourth-order valence-electron chi connectivity index (χ4n) is 5.64. The van der Waals surface area contributed by atoms with Gasteiger partial charge >= 0.3 is 0 Å². The summed E-state index contributed by atoms with van der Waals surface area (Å²) in [6.07, 6.45) is 0.711. The van der Waals surface area contributed by atoms with E-state index in [9.17, 15) is 14.4 Å². The highest BCUT2D eigenvalue weighted by molar-refractivity contribution is 6.35. The molecule has 10 heteroatoms. The molecule has 4 aromatic rings. The van der Waals surface area contributed by atoms with Crippen molar-refractivity contribution >= 4 is 51.3 Å². The van der Waals surface area contributed by atoms with Crippen molar-refractivity contribution in [2.45, 2.75) is 45.3 Å². The molecule has 2 bridgehead atoms. The second kappa shape index (κ2) is 8.87. The Morgan fingerprint density at radius 3 is 2.39 bits per heavy atom. The Morgan fingerprint density at radius 2 is 1.71 bits per heavy atom. The van der Waals surface area contributed by atoms with Gasteiger partial charge in [-0.25, -0.2) is 4.98 Å². The van der Waals surface area contributed by atoms with E-state index < -0.39 is 11.5 Å². The van der Waals surface area contributed by atoms with Crippen LogP contribution in [0.15, 0.2) is 48.5 Å². The first kappa shape index (κ1) is 24.5. The minimum absolute atomic E-state index is 0.0863. The second-order valence-corrected chi connectivity index (χ2v) is 11.7. The number of nitrogens with one attached hydrogen (secondary N) is 3. The molecule has 0 aliphatic carbocycles. The molecule has 2 fully saturated rings. The molecule has 196 valence electrons. The molecule has 0 saturated carbocycles. The van der Waals surface area contributed by atoms with Crippen molar-refractivity contribution < 1.29 is 14.4 Å². The van der Waals surface area contributed by atoms with E-state index in [0.717, 1.165) is 21.9 Å². The van der Waals surface area contributed by atoms with Gasteiger partial charge in [0.1, 0.15) is 11.7 Å². The summed E-state index contributed by atoms with van der Waals surface area (Å²) in [6, 6.07) is 13.7. The number of benzene rings is 2. The van der Waals surface area contributed by atoms with Crippen LogP contribution in [0.3, 0.4) is 0 Å². The Balaban J connectivity index is 1.17. The maximum absolute atomic E-state index is 13.8. The number of amides is 3. The van der Waals surface area contributed by atoms with Crippen LogP contribution in [0.5, 0.6) is 0 Å². The Bertz CT molecular complexity index is 1550. The molecule has 3 atom stereocenters. The summed E-state index contributed by atoms with van der Waals surface area (Å²) in [5.74, 6) is -0.339. The normalized spacial score (nSPS) is 19.9. The molecule has 9 nitrogen and oxygen atoms in total. The number of carbonyl (C=O) groups excluding carboxylic acids is 3. The van der Waals surface area contributed by atoms with Crippen LogP contribution in [0.2, 0.25) is 5.02 Å². The van der Waals surface area contributed by atoms with Crippen molar-refractivity contribution in [1.82, 2.24) is 30.1 Å². The number of imidazole rings is 1. The third kappa shape index (κ3) is 4.11. The molecule has 3 amide bonds. The van der Waals surface area contributed by atoms with Gasteiger partial charge in [-0.15, -0.1) is 0 Å². The molecule has 3 N–H and O–H groups in total. The molecule has 2 saturated heterocycles. The van der Waals surface area contributed by atoms with E-state index in [0.29, 0.717) is 36.1 Å². The van der Waals surface area contributed by atoms with Crippen molar-refractivity contribution in [1.29, 1.82) is 0 Å². The Morgan fingerprint density at radius 1 is 1.00 bits per heavy atom. The van der Waals surface area contributed by atoms with Crippen LogP contribution in [0.4, 0.5) is 0 Å². The Kier molecular flexibility index (Phi) is 5.72. The minimum atomic E-state index is -0.740. The first-order valence-corrected chi connectivity index (χ1v) is 13.1. The van der Waals surface area contributed by atoms with Crippen LogP contribution in [0.1, 0.15) is 48.3 Å². The number of aromatic nitrogens is 3. The number of H-pyrrole nitrogens is 2. The molecule has 0 spiro atoms. The van der Waals surface area contributed by atoms with Gasteiger partial charge in [0.25, 0.3) is 11.8 Å². The number of rotatable bonds is 4.